The van der Waals surface area contributed by atoms with Crippen molar-refractivity contribution in [3.05, 3.63) is 29.3 Å². The molecule has 1 heterocycles. The summed E-state index contributed by atoms with van der Waals surface area (Å²) in [7, 11) is 0. The molecule has 3 heteroatoms. The quantitative estimate of drug-likeness (QED) is 0.885. The number of rotatable bonds is 3. The highest BCUT2D eigenvalue weighted by Crippen LogP contribution is 2.29. The number of nitrogens with one attached hydrogen (secondary N) is 1. The minimum atomic E-state index is 0.193. The summed E-state index contributed by atoms with van der Waals surface area (Å²) in [5.41, 5.74) is 2.90. The summed E-state index contributed by atoms with van der Waals surface area (Å²) in [5, 5.41) is 3.33. The van der Waals surface area contributed by atoms with Gasteiger partial charge in [-0.1, -0.05) is 12.1 Å². The maximum absolute atomic E-state index is 5.98. The Morgan fingerprint density at radius 1 is 1.28 bits per heavy atom. The minimum absolute atomic E-state index is 0.193. The van der Waals surface area contributed by atoms with Crippen molar-refractivity contribution in [2.24, 2.45) is 0 Å². The molecule has 1 aromatic rings. The lowest BCUT2D eigenvalue weighted by atomic mass is 9.91. The van der Waals surface area contributed by atoms with Crippen LogP contribution in [0.2, 0.25) is 0 Å². The van der Waals surface area contributed by atoms with Crippen molar-refractivity contribution in [1.29, 1.82) is 0 Å². The third kappa shape index (κ3) is 2.68. The van der Waals surface area contributed by atoms with E-state index < -0.39 is 0 Å². The molecule has 1 N–H and O–H groups in total. The van der Waals surface area contributed by atoms with E-state index in [9.17, 15) is 0 Å². The van der Waals surface area contributed by atoms with E-state index in [2.05, 4.69) is 23.5 Å². The molecule has 1 atom stereocenters. The van der Waals surface area contributed by atoms with Gasteiger partial charge in [0.05, 0.1) is 6.61 Å². The zero-order valence-corrected chi connectivity index (χ0v) is 10.8. The Balaban J connectivity index is 1.65. The van der Waals surface area contributed by atoms with Gasteiger partial charge in [0.15, 0.2) is 0 Å². The number of hydrogen-bond acceptors (Lipinski definition) is 3. The van der Waals surface area contributed by atoms with Crippen LogP contribution in [-0.2, 0) is 17.6 Å². The lowest BCUT2D eigenvalue weighted by molar-refractivity contribution is -0.0000292. The van der Waals surface area contributed by atoms with Crippen LogP contribution in [0.5, 0.6) is 5.75 Å². The first-order valence-electron chi connectivity index (χ1n) is 6.99. The van der Waals surface area contributed by atoms with E-state index in [-0.39, 0.29) is 6.10 Å². The minimum Gasteiger partial charge on any atom is -0.491 e. The highest BCUT2D eigenvalue weighted by molar-refractivity contribution is 5.41. The first-order valence-corrected chi connectivity index (χ1v) is 6.99. The number of morpholine rings is 1. The van der Waals surface area contributed by atoms with Crippen molar-refractivity contribution in [1.82, 2.24) is 5.32 Å². The molecule has 0 aromatic heterocycles. The molecule has 3 nitrogen and oxygen atoms in total. The van der Waals surface area contributed by atoms with Crippen molar-refractivity contribution >= 4 is 0 Å². The molecule has 1 unspecified atom stereocenters. The van der Waals surface area contributed by atoms with Crippen molar-refractivity contribution < 1.29 is 9.47 Å². The van der Waals surface area contributed by atoms with E-state index >= 15 is 0 Å². The standard InChI is InChI=1S/C15H21NO2/c1-2-6-14-12(4-1)5-3-7-15(14)18-11-13-10-16-8-9-17-13/h3,5,7,13,16H,1-2,4,6,8-11H2. The topological polar surface area (TPSA) is 30.5 Å². The van der Waals surface area contributed by atoms with Crippen molar-refractivity contribution in [3.8, 4) is 5.75 Å². The van der Waals surface area contributed by atoms with Crippen LogP contribution in [0, 0.1) is 0 Å². The molecule has 18 heavy (non-hydrogen) atoms. The zero-order chi connectivity index (χ0) is 12.2. The predicted octanol–water partition coefficient (Wildman–Crippen LogP) is 1.93. The summed E-state index contributed by atoms with van der Waals surface area (Å²) >= 11 is 0. The number of hydrogen-bond donors (Lipinski definition) is 1. The Morgan fingerprint density at radius 2 is 2.22 bits per heavy atom. The van der Waals surface area contributed by atoms with E-state index in [0.29, 0.717) is 6.61 Å². The van der Waals surface area contributed by atoms with Gasteiger partial charge in [-0.3, -0.25) is 0 Å². The van der Waals surface area contributed by atoms with E-state index in [1.807, 2.05) is 0 Å². The molecule has 98 valence electrons. The van der Waals surface area contributed by atoms with Gasteiger partial charge >= 0.3 is 0 Å². The molecule has 0 amide bonds. The number of fused-ring (bicyclic) bond motifs is 1. The van der Waals surface area contributed by atoms with Crippen LogP contribution in [-0.4, -0.2) is 32.4 Å². The first kappa shape index (κ1) is 12.0. The molecule has 0 radical (unpaired) electrons. The molecule has 1 saturated heterocycles. The fourth-order valence-electron chi connectivity index (χ4n) is 2.79. The van der Waals surface area contributed by atoms with Crippen LogP contribution in [0.4, 0.5) is 0 Å². The summed E-state index contributed by atoms with van der Waals surface area (Å²) in [6.45, 7) is 3.30. The van der Waals surface area contributed by atoms with Gasteiger partial charge in [0.1, 0.15) is 18.5 Å². The Morgan fingerprint density at radius 3 is 3.11 bits per heavy atom. The Bertz CT molecular complexity index is 399. The van der Waals surface area contributed by atoms with Crippen LogP contribution in [0.1, 0.15) is 24.0 Å². The molecule has 1 aliphatic heterocycles. The van der Waals surface area contributed by atoms with Crippen molar-refractivity contribution in [3.63, 3.8) is 0 Å². The largest absolute Gasteiger partial charge is 0.491 e. The van der Waals surface area contributed by atoms with Gasteiger partial charge in [0, 0.05) is 13.1 Å². The van der Waals surface area contributed by atoms with Crippen LogP contribution >= 0.6 is 0 Å². The summed E-state index contributed by atoms with van der Waals surface area (Å²) < 4.78 is 11.6. The van der Waals surface area contributed by atoms with Crippen LogP contribution in [0.15, 0.2) is 18.2 Å². The van der Waals surface area contributed by atoms with Crippen molar-refractivity contribution in [2.45, 2.75) is 31.8 Å². The van der Waals surface area contributed by atoms with Gasteiger partial charge in [-0.05, 0) is 42.9 Å². The Labute approximate surface area is 108 Å². The second-order valence-corrected chi connectivity index (χ2v) is 5.11. The number of ether oxygens (including phenoxy) is 2. The van der Waals surface area contributed by atoms with E-state index in [1.165, 1.54) is 30.4 Å². The summed E-state index contributed by atoms with van der Waals surface area (Å²) in [4.78, 5) is 0. The van der Waals surface area contributed by atoms with Gasteiger partial charge in [-0.2, -0.15) is 0 Å². The molecule has 1 fully saturated rings. The lowest BCUT2D eigenvalue weighted by Crippen LogP contribution is -2.41. The van der Waals surface area contributed by atoms with E-state index in [0.717, 1.165) is 31.9 Å². The fourth-order valence-corrected chi connectivity index (χ4v) is 2.79. The van der Waals surface area contributed by atoms with Crippen LogP contribution in [0.25, 0.3) is 0 Å². The van der Waals surface area contributed by atoms with Gasteiger partial charge in [-0.25, -0.2) is 0 Å². The molecule has 0 spiro atoms. The van der Waals surface area contributed by atoms with Gasteiger partial charge in [-0.15, -0.1) is 0 Å². The third-order valence-corrected chi connectivity index (χ3v) is 3.78. The smallest absolute Gasteiger partial charge is 0.122 e. The van der Waals surface area contributed by atoms with Gasteiger partial charge in [0.25, 0.3) is 0 Å². The fraction of sp³-hybridized carbons (Fsp3) is 0.600. The van der Waals surface area contributed by atoms with E-state index in [1.54, 1.807) is 0 Å². The molecule has 1 aliphatic carbocycles. The van der Waals surface area contributed by atoms with E-state index in [4.69, 9.17) is 9.47 Å². The average Bonchev–Trinajstić information content (AvgIpc) is 2.46. The SMILES string of the molecule is c1cc2c(c(OCC3CNCCO3)c1)CCCC2. The zero-order valence-electron chi connectivity index (χ0n) is 10.8. The normalized spacial score (nSPS) is 23.4. The molecule has 3 rings (SSSR count). The average molecular weight is 247 g/mol. The van der Waals surface area contributed by atoms with Gasteiger partial charge in [0.2, 0.25) is 0 Å². The lowest BCUT2D eigenvalue weighted by Gasteiger charge is -2.25. The molecule has 0 bridgehead atoms. The van der Waals surface area contributed by atoms with Crippen LogP contribution in [0.3, 0.4) is 0 Å². The Hall–Kier alpha value is -1.06. The Kier molecular flexibility index (Phi) is 3.81. The number of benzene rings is 1. The highest BCUT2D eigenvalue weighted by Gasteiger charge is 2.17. The summed E-state index contributed by atoms with van der Waals surface area (Å²) in [6.07, 6.45) is 5.16. The predicted molar refractivity (Wildman–Crippen MR) is 71.2 cm³/mol. The maximum atomic E-state index is 5.98. The number of aryl methyl sites for hydroxylation is 1. The first-order chi connectivity index (χ1) is 8.93. The van der Waals surface area contributed by atoms with Crippen LogP contribution < -0.4 is 10.1 Å². The van der Waals surface area contributed by atoms with Crippen molar-refractivity contribution in [2.75, 3.05) is 26.3 Å². The summed E-state index contributed by atoms with van der Waals surface area (Å²) in [5.74, 6) is 1.07. The summed E-state index contributed by atoms with van der Waals surface area (Å²) in [6, 6.07) is 6.44. The van der Waals surface area contributed by atoms with Gasteiger partial charge < -0.3 is 14.8 Å². The second-order valence-electron chi connectivity index (χ2n) is 5.11. The molecule has 2 aliphatic rings. The monoisotopic (exact) mass is 247 g/mol. The third-order valence-electron chi connectivity index (χ3n) is 3.78. The molecule has 0 saturated carbocycles. The second kappa shape index (κ2) is 5.72. The molecular weight excluding hydrogens is 226 g/mol. The molecular formula is C15H21NO2. The maximum Gasteiger partial charge on any atom is 0.122 e. The molecule has 1 aromatic carbocycles. The highest BCUT2D eigenvalue weighted by atomic mass is 16.5.